The summed E-state index contributed by atoms with van der Waals surface area (Å²) in [6.45, 7) is 4.42. The van der Waals surface area contributed by atoms with Crippen molar-refractivity contribution in [1.29, 1.82) is 0 Å². The van der Waals surface area contributed by atoms with Crippen LogP contribution in [0.3, 0.4) is 0 Å². The summed E-state index contributed by atoms with van der Waals surface area (Å²) in [6.07, 6.45) is 0. The molecule has 27 heavy (non-hydrogen) atoms. The minimum Gasteiger partial charge on any atom is -0.379 e. The lowest BCUT2D eigenvalue weighted by Gasteiger charge is -2.26. The van der Waals surface area contributed by atoms with Gasteiger partial charge in [0.05, 0.1) is 19.0 Å². The fourth-order valence-corrected chi connectivity index (χ4v) is 4.65. The Bertz CT molecular complexity index is 884. The minimum atomic E-state index is -3.51. The Morgan fingerprint density at radius 1 is 1.04 bits per heavy atom. The number of morpholine rings is 1. The standard InChI is InChI=1S/C19H22Cl2N2O3S/c20-18-5-4-17(19(21)11-18)14-27(24,25)22-12-15-2-1-3-16(10-15)13-23-6-8-26-9-7-23/h1-5,10-11,22H,6-9,12-14H2. The number of ether oxygens (including phenoxy) is 1. The molecular formula is C19H22Cl2N2O3S. The number of hydrogen-bond donors (Lipinski definition) is 1. The van der Waals surface area contributed by atoms with Crippen molar-refractivity contribution in [3.8, 4) is 0 Å². The fourth-order valence-electron chi connectivity index (χ4n) is 2.94. The Morgan fingerprint density at radius 3 is 2.52 bits per heavy atom. The molecule has 1 N–H and O–H groups in total. The molecule has 0 radical (unpaired) electrons. The Morgan fingerprint density at radius 2 is 1.78 bits per heavy atom. The largest absolute Gasteiger partial charge is 0.379 e. The number of nitrogens with zero attached hydrogens (tertiary/aromatic N) is 1. The highest BCUT2D eigenvalue weighted by Gasteiger charge is 2.15. The van der Waals surface area contributed by atoms with E-state index in [0.717, 1.165) is 44.0 Å². The summed E-state index contributed by atoms with van der Waals surface area (Å²) in [4.78, 5) is 2.33. The topological polar surface area (TPSA) is 58.6 Å². The van der Waals surface area contributed by atoms with E-state index in [1.807, 2.05) is 18.2 Å². The first kappa shape index (κ1) is 20.6. The third-order valence-electron chi connectivity index (χ3n) is 4.36. The van der Waals surface area contributed by atoms with Crippen LogP contribution in [0.25, 0.3) is 0 Å². The van der Waals surface area contributed by atoms with E-state index in [2.05, 4.69) is 15.7 Å². The quantitative estimate of drug-likeness (QED) is 0.733. The van der Waals surface area contributed by atoms with Crippen molar-refractivity contribution < 1.29 is 13.2 Å². The van der Waals surface area contributed by atoms with E-state index in [4.69, 9.17) is 27.9 Å². The summed E-state index contributed by atoms with van der Waals surface area (Å²) in [6, 6.07) is 12.8. The van der Waals surface area contributed by atoms with Gasteiger partial charge in [-0.25, -0.2) is 13.1 Å². The van der Waals surface area contributed by atoms with Crippen molar-refractivity contribution in [2.75, 3.05) is 26.3 Å². The van der Waals surface area contributed by atoms with Gasteiger partial charge in [-0.15, -0.1) is 0 Å². The molecule has 2 aromatic rings. The van der Waals surface area contributed by atoms with Crippen molar-refractivity contribution in [2.45, 2.75) is 18.8 Å². The molecule has 0 amide bonds. The third-order valence-corrected chi connectivity index (χ3v) is 6.22. The van der Waals surface area contributed by atoms with E-state index in [9.17, 15) is 8.42 Å². The molecule has 0 spiro atoms. The van der Waals surface area contributed by atoms with Gasteiger partial charge in [-0.3, -0.25) is 4.90 Å². The third kappa shape index (κ3) is 6.45. The van der Waals surface area contributed by atoms with Gasteiger partial charge < -0.3 is 4.74 Å². The average molecular weight is 429 g/mol. The van der Waals surface area contributed by atoms with Crippen LogP contribution in [0.1, 0.15) is 16.7 Å². The average Bonchev–Trinajstić information content (AvgIpc) is 2.64. The molecule has 3 rings (SSSR count). The van der Waals surface area contributed by atoms with Crippen molar-refractivity contribution in [3.05, 3.63) is 69.2 Å². The number of hydrogen-bond acceptors (Lipinski definition) is 4. The monoisotopic (exact) mass is 428 g/mol. The molecular weight excluding hydrogens is 407 g/mol. The number of rotatable bonds is 7. The molecule has 0 saturated carbocycles. The van der Waals surface area contributed by atoms with Crippen LogP contribution in [0.5, 0.6) is 0 Å². The summed E-state index contributed by atoms with van der Waals surface area (Å²) >= 11 is 11.9. The molecule has 1 heterocycles. The first-order chi connectivity index (χ1) is 12.9. The molecule has 8 heteroatoms. The van der Waals surface area contributed by atoms with Crippen LogP contribution in [0.2, 0.25) is 10.0 Å². The molecule has 0 unspecified atom stereocenters. The maximum Gasteiger partial charge on any atom is 0.216 e. The van der Waals surface area contributed by atoms with Gasteiger partial charge in [0.1, 0.15) is 0 Å². The molecule has 1 aliphatic rings. The van der Waals surface area contributed by atoms with Gasteiger partial charge in [0.2, 0.25) is 10.0 Å². The Hall–Kier alpha value is -1.15. The molecule has 0 aliphatic carbocycles. The fraction of sp³-hybridized carbons (Fsp3) is 0.368. The molecule has 0 aromatic heterocycles. The highest BCUT2D eigenvalue weighted by molar-refractivity contribution is 7.88. The first-order valence-electron chi connectivity index (χ1n) is 8.70. The first-order valence-corrected chi connectivity index (χ1v) is 11.1. The van der Waals surface area contributed by atoms with Gasteiger partial charge in [0, 0.05) is 36.2 Å². The van der Waals surface area contributed by atoms with E-state index in [1.54, 1.807) is 18.2 Å². The van der Waals surface area contributed by atoms with Crippen molar-refractivity contribution in [1.82, 2.24) is 9.62 Å². The normalized spacial score (nSPS) is 15.8. The number of halogens is 2. The summed E-state index contributed by atoms with van der Waals surface area (Å²) in [5.41, 5.74) is 2.61. The summed E-state index contributed by atoms with van der Waals surface area (Å²) in [7, 11) is -3.51. The zero-order chi connectivity index (χ0) is 19.3. The Balaban J connectivity index is 1.59. The van der Waals surface area contributed by atoms with Crippen molar-refractivity contribution >= 4 is 33.2 Å². The lowest BCUT2D eigenvalue weighted by atomic mass is 10.1. The van der Waals surface area contributed by atoms with Crippen LogP contribution in [-0.2, 0) is 33.6 Å². The van der Waals surface area contributed by atoms with E-state index >= 15 is 0 Å². The molecule has 2 aromatic carbocycles. The molecule has 1 saturated heterocycles. The highest BCUT2D eigenvalue weighted by Crippen LogP contribution is 2.22. The predicted octanol–water partition coefficient (Wildman–Crippen LogP) is 3.45. The highest BCUT2D eigenvalue weighted by atomic mass is 35.5. The molecule has 146 valence electrons. The Kier molecular flexibility index (Phi) is 7.14. The van der Waals surface area contributed by atoms with Crippen LogP contribution in [-0.4, -0.2) is 39.6 Å². The van der Waals surface area contributed by atoms with Crippen molar-refractivity contribution in [3.63, 3.8) is 0 Å². The van der Waals surface area contributed by atoms with Crippen LogP contribution in [0.4, 0.5) is 0 Å². The lowest BCUT2D eigenvalue weighted by molar-refractivity contribution is 0.0342. The van der Waals surface area contributed by atoms with Crippen molar-refractivity contribution in [2.24, 2.45) is 0 Å². The maximum atomic E-state index is 12.4. The van der Waals surface area contributed by atoms with E-state index in [-0.39, 0.29) is 12.3 Å². The van der Waals surface area contributed by atoms with Gasteiger partial charge in [0.15, 0.2) is 0 Å². The SMILES string of the molecule is O=S(=O)(Cc1ccc(Cl)cc1Cl)NCc1cccc(CN2CCOCC2)c1. The number of nitrogens with one attached hydrogen (secondary N) is 1. The zero-order valence-corrected chi connectivity index (χ0v) is 17.2. The zero-order valence-electron chi connectivity index (χ0n) is 14.8. The van der Waals surface area contributed by atoms with Gasteiger partial charge in [-0.2, -0.15) is 0 Å². The second-order valence-electron chi connectivity index (χ2n) is 6.52. The minimum absolute atomic E-state index is 0.184. The van der Waals surface area contributed by atoms with Gasteiger partial charge in [0.25, 0.3) is 0 Å². The van der Waals surface area contributed by atoms with E-state index < -0.39 is 10.0 Å². The maximum absolute atomic E-state index is 12.4. The molecule has 5 nitrogen and oxygen atoms in total. The smallest absolute Gasteiger partial charge is 0.216 e. The molecule has 0 atom stereocenters. The second-order valence-corrected chi connectivity index (χ2v) is 9.17. The van der Waals surface area contributed by atoms with Crippen LogP contribution >= 0.6 is 23.2 Å². The van der Waals surface area contributed by atoms with Gasteiger partial charge in [-0.1, -0.05) is 53.5 Å². The number of benzene rings is 2. The van der Waals surface area contributed by atoms with E-state index in [1.165, 1.54) is 0 Å². The predicted molar refractivity (Wildman–Crippen MR) is 108 cm³/mol. The van der Waals surface area contributed by atoms with Crippen LogP contribution in [0.15, 0.2) is 42.5 Å². The van der Waals surface area contributed by atoms with E-state index in [0.29, 0.717) is 15.6 Å². The number of sulfonamides is 1. The van der Waals surface area contributed by atoms with Crippen LogP contribution in [0, 0.1) is 0 Å². The van der Waals surface area contributed by atoms with Crippen LogP contribution < -0.4 is 4.72 Å². The summed E-state index contributed by atoms with van der Waals surface area (Å²) in [5.74, 6) is -0.184. The molecule has 0 bridgehead atoms. The van der Waals surface area contributed by atoms with Gasteiger partial charge in [-0.05, 0) is 28.8 Å². The summed E-state index contributed by atoms with van der Waals surface area (Å²) < 4.78 is 32.8. The lowest BCUT2D eigenvalue weighted by Crippen LogP contribution is -2.35. The van der Waals surface area contributed by atoms with Gasteiger partial charge >= 0.3 is 0 Å². The molecule has 1 fully saturated rings. The Labute approximate surface area is 170 Å². The molecule has 1 aliphatic heterocycles. The second kappa shape index (κ2) is 9.37. The summed E-state index contributed by atoms with van der Waals surface area (Å²) in [5, 5.41) is 0.826.